The summed E-state index contributed by atoms with van der Waals surface area (Å²) in [6, 6.07) is 4.77. The van der Waals surface area contributed by atoms with Gasteiger partial charge in [-0.05, 0) is 67.5 Å². The third kappa shape index (κ3) is 5.68. The van der Waals surface area contributed by atoms with E-state index in [0.29, 0.717) is 43.4 Å². The van der Waals surface area contributed by atoms with Crippen LogP contribution in [-0.4, -0.2) is 77.8 Å². The smallest absolute Gasteiger partial charge is 0.256 e. The van der Waals surface area contributed by atoms with E-state index in [1.54, 1.807) is 4.90 Å². The molecule has 0 spiro atoms. The van der Waals surface area contributed by atoms with Gasteiger partial charge >= 0.3 is 0 Å². The Morgan fingerprint density at radius 3 is 2.65 bits per heavy atom. The molecule has 43 heavy (non-hydrogen) atoms. The van der Waals surface area contributed by atoms with Crippen molar-refractivity contribution in [1.29, 1.82) is 0 Å². The molecule has 1 amide bonds. The highest BCUT2D eigenvalue weighted by molar-refractivity contribution is 7.88. The number of nitrogens with one attached hydrogen (secondary N) is 2. The number of likely N-dealkylation sites (tertiary alicyclic amines) is 1. The van der Waals surface area contributed by atoms with Crippen molar-refractivity contribution in [3.8, 4) is 11.1 Å². The number of fused-ring (bicyclic) bond motifs is 1. The number of piperidine rings is 1. The van der Waals surface area contributed by atoms with Gasteiger partial charge in [0.1, 0.15) is 5.82 Å². The number of halogens is 3. The number of rotatable bonds is 6. The van der Waals surface area contributed by atoms with E-state index in [4.69, 9.17) is 28.3 Å². The van der Waals surface area contributed by atoms with Crippen LogP contribution < -0.4 is 10.3 Å². The number of aromatic nitrogens is 1. The highest BCUT2D eigenvalue weighted by Gasteiger charge is 2.50. The normalized spacial score (nSPS) is 26.4. The van der Waals surface area contributed by atoms with Crippen LogP contribution in [0.1, 0.15) is 43.0 Å². The van der Waals surface area contributed by atoms with Gasteiger partial charge < -0.3 is 9.88 Å². The molecule has 228 valence electrons. The molecule has 4 unspecified atom stereocenters. The SMILES string of the molecule is CC1C2=NN(C)C(C3=CC(C4(NS(C)(=O)=O)CC4)=CC(Cl)C3)C2CCN1C(=O)c1cc(F)cc(-c2ccc(=O)[nH]c2)c1Cl. The molecule has 1 aromatic heterocycles. The number of aromatic amines is 1. The van der Waals surface area contributed by atoms with Gasteiger partial charge in [-0.25, -0.2) is 17.5 Å². The summed E-state index contributed by atoms with van der Waals surface area (Å²) in [5.74, 6) is -0.992. The van der Waals surface area contributed by atoms with Crippen molar-refractivity contribution in [3.05, 3.63) is 80.5 Å². The van der Waals surface area contributed by atoms with Crippen molar-refractivity contribution >= 4 is 44.8 Å². The first-order chi connectivity index (χ1) is 20.3. The number of benzene rings is 1. The van der Waals surface area contributed by atoms with Crippen LogP contribution >= 0.6 is 23.2 Å². The topological polar surface area (TPSA) is 115 Å². The number of amides is 1. The lowest BCUT2D eigenvalue weighted by Gasteiger charge is -2.39. The van der Waals surface area contributed by atoms with Gasteiger partial charge in [-0.3, -0.25) is 14.6 Å². The van der Waals surface area contributed by atoms with Gasteiger partial charge in [0.2, 0.25) is 15.6 Å². The number of carbonyl (C=O) groups is 1. The van der Waals surface area contributed by atoms with Crippen molar-refractivity contribution in [2.24, 2.45) is 11.0 Å². The molecule has 13 heteroatoms. The first-order valence-electron chi connectivity index (χ1n) is 14.1. The van der Waals surface area contributed by atoms with Gasteiger partial charge in [-0.1, -0.05) is 23.8 Å². The lowest BCUT2D eigenvalue weighted by Crippen LogP contribution is -2.52. The monoisotopic (exact) mass is 647 g/mol. The Balaban J connectivity index is 1.25. The van der Waals surface area contributed by atoms with Crippen LogP contribution in [0, 0.1) is 11.7 Å². The lowest BCUT2D eigenvalue weighted by molar-refractivity contribution is 0.0702. The van der Waals surface area contributed by atoms with Gasteiger partial charge in [0.05, 0.1) is 45.6 Å². The standard InChI is InChI=1S/C30H32Cl2FN5O4S/c1-16-27-22(28(37(2)35-27)18-10-19(12-20(31)11-18)30(7-8-30)36-43(3,41)42)6-9-38(16)29(40)24-14-21(33)13-23(26(24)32)17-4-5-25(39)34-15-17/h4-5,10,12-16,20,22,28,36H,6-9,11H2,1-3H3,(H,34,39). The number of hydrogen-bond donors (Lipinski definition) is 2. The van der Waals surface area contributed by atoms with E-state index >= 15 is 0 Å². The van der Waals surface area contributed by atoms with E-state index in [2.05, 4.69) is 15.8 Å². The summed E-state index contributed by atoms with van der Waals surface area (Å²) in [6.45, 7) is 2.32. The van der Waals surface area contributed by atoms with Crippen LogP contribution in [-0.2, 0) is 10.0 Å². The fourth-order valence-corrected chi connectivity index (χ4v) is 8.40. The van der Waals surface area contributed by atoms with Crippen molar-refractivity contribution in [2.75, 3.05) is 19.8 Å². The molecule has 3 heterocycles. The van der Waals surface area contributed by atoms with Crippen molar-refractivity contribution in [1.82, 2.24) is 19.6 Å². The number of sulfonamides is 1. The highest BCUT2D eigenvalue weighted by atomic mass is 35.5. The predicted molar refractivity (Wildman–Crippen MR) is 165 cm³/mol. The van der Waals surface area contributed by atoms with Crippen LogP contribution in [0.25, 0.3) is 11.1 Å². The zero-order valence-electron chi connectivity index (χ0n) is 23.9. The van der Waals surface area contributed by atoms with E-state index in [-0.39, 0.29) is 39.5 Å². The van der Waals surface area contributed by atoms with Crippen LogP contribution in [0.15, 0.2) is 63.7 Å². The maximum Gasteiger partial charge on any atom is 0.256 e. The minimum atomic E-state index is -3.40. The molecule has 4 atom stereocenters. The Hall–Kier alpha value is -2.99. The summed E-state index contributed by atoms with van der Waals surface area (Å²) >= 11 is 13.4. The zero-order valence-corrected chi connectivity index (χ0v) is 26.2. The number of pyridine rings is 1. The second kappa shape index (κ2) is 10.9. The number of carbonyl (C=O) groups excluding carboxylic acids is 1. The first-order valence-corrected chi connectivity index (χ1v) is 16.8. The number of nitrogens with zero attached hydrogens (tertiary/aromatic N) is 3. The minimum absolute atomic E-state index is 0.0243. The van der Waals surface area contributed by atoms with Gasteiger partial charge in [0.25, 0.3) is 5.91 Å². The Morgan fingerprint density at radius 2 is 2.00 bits per heavy atom. The van der Waals surface area contributed by atoms with E-state index in [1.165, 1.54) is 30.7 Å². The summed E-state index contributed by atoms with van der Waals surface area (Å²) in [7, 11) is -1.50. The van der Waals surface area contributed by atoms with Crippen LogP contribution in [0.3, 0.4) is 0 Å². The maximum absolute atomic E-state index is 14.8. The summed E-state index contributed by atoms with van der Waals surface area (Å²) < 4.78 is 41.7. The highest BCUT2D eigenvalue weighted by Crippen LogP contribution is 2.47. The average molecular weight is 649 g/mol. The molecule has 1 saturated heterocycles. The number of likely N-dealkylation sites (N-methyl/N-ethyl adjacent to an activating group) is 1. The fourth-order valence-electron chi connectivity index (χ4n) is 6.75. The first kappa shape index (κ1) is 30.1. The summed E-state index contributed by atoms with van der Waals surface area (Å²) in [6.07, 6.45) is 9.29. The molecular formula is C30H32Cl2FN5O4S. The molecule has 0 bridgehead atoms. The molecule has 2 aliphatic carbocycles. The van der Waals surface area contributed by atoms with E-state index in [0.717, 1.165) is 22.9 Å². The predicted octanol–water partition coefficient (Wildman–Crippen LogP) is 4.30. The molecule has 1 saturated carbocycles. The number of hydrogen-bond acceptors (Lipinski definition) is 6. The Morgan fingerprint density at radius 1 is 1.26 bits per heavy atom. The summed E-state index contributed by atoms with van der Waals surface area (Å²) in [5, 5.41) is 6.61. The van der Waals surface area contributed by atoms with Gasteiger partial charge in [0, 0.05) is 37.3 Å². The van der Waals surface area contributed by atoms with E-state index in [9.17, 15) is 22.4 Å². The second-order valence-electron chi connectivity index (χ2n) is 11.9. The molecule has 2 N–H and O–H groups in total. The number of allylic oxidation sites excluding steroid dienone is 1. The molecule has 2 aliphatic heterocycles. The largest absolute Gasteiger partial charge is 0.331 e. The minimum Gasteiger partial charge on any atom is -0.331 e. The van der Waals surface area contributed by atoms with Crippen molar-refractivity contribution < 1.29 is 17.6 Å². The van der Waals surface area contributed by atoms with Crippen molar-refractivity contribution in [3.63, 3.8) is 0 Å². The van der Waals surface area contributed by atoms with Crippen LogP contribution in [0.4, 0.5) is 4.39 Å². The average Bonchev–Trinajstić information content (AvgIpc) is 3.62. The summed E-state index contributed by atoms with van der Waals surface area (Å²) in [5.41, 5.74) is 2.73. The number of hydrazone groups is 1. The fraction of sp³-hybridized carbons (Fsp3) is 0.433. The Bertz CT molecular complexity index is 1750. The zero-order chi connectivity index (χ0) is 30.8. The summed E-state index contributed by atoms with van der Waals surface area (Å²) in [4.78, 5) is 29.6. The molecule has 6 rings (SSSR count). The van der Waals surface area contributed by atoms with Crippen LogP contribution in [0.2, 0.25) is 5.02 Å². The third-order valence-corrected chi connectivity index (χ3v) is 10.3. The molecule has 1 aromatic carbocycles. The third-order valence-electron chi connectivity index (χ3n) is 8.83. The van der Waals surface area contributed by atoms with Gasteiger partial charge in [-0.15, -0.1) is 11.6 Å². The van der Waals surface area contributed by atoms with Gasteiger partial charge in [-0.2, -0.15) is 5.10 Å². The molecular weight excluding hydrogens is 616 g/mol. The lowest BCUT2D eigenvalue weighted by atomic mass is 9.78. The molecule has 0 radical (unpaired) electrons. The molecule has 4 aliphatic rings. The van der Waals surface area contributed by atoms with E-state index < -0.39 is 27.3 Å². The maximum atomic E-state index is 14.8. The second-order valence-corrected chi connectivity index (χ2v) is 14.6. The molecule has 9 nitrogen and oxygen atoms in total. The van der Waals surface area contributed by atoms with Crippen molar-refractivity contribution in [2.45, 2.75) is 55.6 Å². The van der Waals surface area contributed by atoms with Crippen LogP contribution in [0.5, 0.6) is 0 Å². The quantitative estimate of drug-likeness (QED) is 0.454. The Kier molecular flexibility index (Phi) is 7.60. The molecule has 2 fully saturated rings. The number of H-pyrrole nitrogens is 1. The number of alkyl halides is 1. The molecule has 2 aromatic rings. The van der Waals surface area contributed by atoms with Gasteiger partial charge in [0.15, 0.2) is 0 Å². The van der Waals surface area contributed by atoms with E-state index in [1.807, 2.05) is 25.1 Å². The Labute approximate surface area is 259 Å².